The molecule has 20 heavy (non-hydrogen) atoms. The van der Waals surface area contributed by atoms with Crippen LogP contribution in [0, 0.1) is 0 Å². The monoisotopic (exact) mass is 288 g/mol. The molecule has 108 valence electrons. The first-order valence-corrected chi connectivity index (χ1v) is 5.32. The average molecular weight is 288 g/mol. The van der Waals surface area contributed by atoms with Crippen molar-refractivity contribution in [2.45, 2.75) is 19.6 Å². The summed E-state index contributed by atoms with van der Waals surface area (Å²) in [5.74, 6) is -1.59. The van der Waals surface area contributed by atoms with E-state index in [4.69, 9.17) is 5.11 Å². The summed E-state index contributed by atoms with van der Waals surface area (Å²) in [6.45, 7) is 3.47. The normalized spacial score (nSPS) is 12.9. The molecule has 0 saturated carbocycles. The molecule has 0 spiro atoms. The number of hydrogen-bond acceptors (Lipinski definition) is 3. The van der Waals surface area contributed by atoms with E-state index < -0.39 is 24.4 Å². The summed E-state index contributed by atoms with van der Waals surface area (Å²) in [5.41, 5.74) is -0.695. The van der Waals surface area contributed by atoms with Gasteiger partial charge < -0.3 is 5.11 Å². The van der Waals surface area contributed by atoms with Crippen LogP contribution in [-0.2, 0) is 6.54 Å². The van der Waals surface area contributed by atoms with Gasteiger partial charge in [-0.2, -0.15) is 18.3 Å². The van der Waals surface area contributed by atoms with Crippen LogP contribution in [0.5, 0.6) is 0 Å². The molecule has 0 bridgehead atoms. The van der Waals surface area contributed by atoms with Crippen molar-refractivity contribution in [3.63, 3.8) is 0 Å². The van der Waals surface area contributed by atoms with Crippen molar-refractivity contribution in [2.24, 2.45) is 9.98 Å². The zero-order valence-corrected chi connectivity index (χ0v) is 10.4. The molecule has 6 nitrogen and oxygen atoms in total. The molecule has 1 aromatic heterocycles. The first-order chi connectivity index (χ1) is 9.28. The molecular weight excluding hydrogens is 277 g/mol. The lowest BCUT2D eigenvalue weighted by Gasteiger charge is -2.04. The van der Waals surface area contributed by atoms with E-state index in [1.54, 1.807) is 13.0 Å². The first kappa shape index (κ1) is 15.6. The molecule has 0 atom stereocenters. The summed E-state index contributed by atoms with van der Waals surface area (Å²) in [6.07, 6.45) is -0.724. The van der Waals surface area contributed by atoms with Crippen LogP contribution >= 0.6 is 0 Å². The fourth-order valence-corrected chi connectivity index (χ4v) is 1.35. The molecule has 0 saturated heterocycles. The molecule has 0 radical (unpaired) electrons. The van der Waals surface area contributed by atoms with Gasteiger partial charge in [-0.05, 0) is 13.6 Å². The molecule has 1 rings (SSSR count). The van der Waals surface area contributed by atoms with Gasteiger partial charge in [0.1, 0.15) is 6.54 Å². The predicted octanol–water partition coefficient (Wildman–Crippen LogP) is 2.12. The van der Waals surface area contributed by atoms with Crippen LogP contribution in [0.4, 0.5) is 13.2 Å². The molecule has 0 aromatic carbocycles. The van der Waals surface area contributed by atoms with E-state index in [0.29, 0.717) is 4.68 Å². The third kappa shape index (κ3) is 4.04. The zero-order chi connectivity index (χ0) is 15.3. The van der Waals surface area contributed by atoms with Crippen molar-refractivity contribution in [3.05, 3.63) is 29.7 Å². The Bertz CT molecular complexity index is 573. The largest absolute Gasteiger partial charge is 0.476 e. The highest BCUT2D eigenvalue weighted by Crippen LogP contribution is 2.19. The van der Waals surface area contributed by atoms with Crippen molar-refractivity contribution in [1.82, 2.24) is 9.78 Å². The zero-order valence-electron chi connectivity index (χ0n) is 10.4. The van der Waals surface area contributed by atoms with Crippen LogP contribution in [0.1, 0.15) is 23.0 Å². The van der Waals surface area contributed by atoms with Gasteiger partial charge in [0.15, 0.2) is 11.5 Å². The van der Waals surface area contributed by atoms with E-state index in [1.807, 2.05) is 0 Å². The number of aliphatic imine (C=N–C) groups is 2. The van der Waals surface area contributed by atoms with Crippen LogP contribution in [0.3, 0.4) is 0 Å². The second-order valence-corrected chi connectivity index (χ2v) is 3.60. The molecule has 0 aliphatic rings. The Kier molecular flexibility index (Phi) is 4.78. The van der Waals surface area contributed by atoms with E-state index in [0.717, 1.165) is 6.20 Å². The van der Waals surface area contributed by atoms with Crippen molar-refractivity contribution in [3.8, 4) is 0 Å². The lowest BCUT2D eigenvalue weighted by molar-refractivity contribution is -0.142. The van der Waals surface area contributed by atoms with Gasteiger partial charge in [0.05, 0.1) is 5.56 Å². The van der Waals surface area contributed by atoms with Crippen LogP contribution in [0.25, 0.3) is 0 Å². The highest BCUT2D eigenvalue weighted by atomic mass is 19.4. The molecule has 0 amide bonds. The number of aromatic carboxylic acids is 1. The molecule has 9 heteroatoms. The second kappa shape index (κ2) is 6.13. The van der Waals surface area contributed by atoms with Crippen molar-refractivity contribution >= 4 is 18.5 Å². The second-order valence-electron chi connectivity index (χ2n) is 3.60. The number of carbonyl (C=O) groups is 1. The Morgan fingerprint density at radius 3 is 2.70 bits per heavy atom. The molecule has 1 N–H and O–H groups in total. The van der Waals surface area contributed by atoms with Gasteiger partial charge in [0.2, 0.25) is 0 Å². The Morgan fingerprint density at radius 1 is 1.60 bits per heavy atom. The van der Waals surface area contributed by atoms with Gasteiger partial charge in [-0.1, -0.05) is 6.08 Å². The van der Waals surface area contributed by atoms with Gasteiger partial charge in [-0.3, -0.25) is 4.68 Å². The number of alkyl halides is 3. The first-order valence-electron chi connectivity index (χ1n) is 5.32. The van der Waals surface area contributed by atoms with E-state index in [-0.39, 0.29) is 11.4 Å². The van der Waals surface area contributed by atoms with E-state index in [9.17, 15) is 18.0 Å². The lowest BCUT2D eigenvalue weighted by Crippen LogP contribution is -2.18. The number of aromatic nitrogens is 2. The van der Waals surface area contributed by atoms with Gasteiger partial charge in [-0.15, -0.1) is 0 Å². The average Bonchev–Trinajstić information content (AvgIpc) is 2.71. The molecule has 0 aliphatic heterocycles. The van der Waals surface area contributed by atoms with Crippen molar-refractivity contribution in [2.75, 3.05) is 0 Å². The maximum Gasteiger partial charge on any atom is 0.408 e. The predicted molar refractivity (Wildman–Crippen MR) is 66.1 cm³/mol. The van der Waals surface area contributed by atoms with E-state index in [2.05, 4.69) is 21.8 Å². The molecule has 1 heterocycles. The minimum Gasteiger partial charge on any atom is -0.476 e. The fraction of sp³-hybridized carbons (Fsp3) is 0.273. The smallest absolute Gasteiger partial charge is 0.408 e. The van der Waals surface area contributed by atoms with Crippen LogP contribution in [-0.4, -0.2) is 39.6 Å². The van der Waals surface area contributed by atoms with E-state index in [1.165, 1.54) is 6.20 Å². The molecular formula is C11H11F3N4O2. The minimum atomic E-state index is -4.51. The van der Waals surface area contributed by atoms with Crippen molar-refractivity contribution in [1.29, 1.82) is 0 Å². The molecule has 0 aliphatic carbocycles. The number of carboxylic acids is 1. The number of halogens is 3. The van der Waals surface area contributed by atoms with Crippen molar-refractivity contribution < 1.29 is 23.1 Å². The molecule has 1 aromatic rings. The third-order valence-corrected chi connectivity index (χ3v) is 2.04. The summed E-state index contributed by atoms with van der Waals surface area (Å²) in [6, 6.07) is 0. The Balaban J connectivity index is 3.30. The van der Waals surface area contributed by atoms with Crippen LogP contribution in [0.15, 0.2) is 28.5 Å². The minimum absolute atomic E-state index is 0.117. The highest BCUT2D eigenvalue weighted by Gasteiger charge is 2.30. The number of nitrogens with zero attached hydrogens (tertiary/aromatic N) is 4. The number of amidine groups is 1. The topological polar surface area (TPSA) is 79.8 Å². The van der Waals surface area contributed by atoms with Gasteiger partial charge in [0.25, 0.3) is 0 Å². The number of carboxylic acid groups (broad SMARTS) is 1. The number of rotatable bonds is 4. The van der Waals surface area contributed by atoms with Crippen LogP contribution < -0.4 is 0 Å². The Hall–Kier alpha value is -2.45. The quantitative estimate of drug-likeness (QED) is 0.680. The molecule has 0 fully saturated rings. The fourth-order valence-electron chi connectivity index (χ4n) is 1.35. The highest BCUT2D eigenvalue weighted by molar-refractivity contribution is 6.08. The number of allylic oxidation sites excluding steroid dienone is 1. The summed E-state index contributed by atoms with van der Waals surface area (Å²) >= 11 is 0. The lowest BCUT2D eigenvalue weighted by atomic mass is 10.2. The molecule has 0 unspecified atom stereocenters. The maximum absolute atomic E-state index is 12.3. The summed E-state index contributed by atoms with van der Waals surface area (Å²) < 4.78 is 37.3. The Morgan fingerprint density at radius 2 is 2.25 bits per heavy atom. The van der Waals surface area contributed by atoms with Gasteiger partial charge >= 0.3 is 12.1 Å². The SMILES string of the molecule is C=N/C(=N\C=C/C)c1cn(CC(F)(F)F)nc1C(=O)O. The summed E-state index contributed by atoms with van der Waals surface area (Å²) in [5, 5.41) is 12.3. The maximum atomic E-state index is 12.3. The number of hydrogen-bond donors (Lipinski definition) is 1. The summed E-state index contributed by atoms with van der Waals surface area (Å²) in [4.78, 5) is 18.3. The standard InChI is InChI=1S/C11H11F3N4O2/c1-3-4-16-9(15-2)7-5-18(6-11(12,13)14)17-8(7)10(19)20/h3-5H,2,6H2,1H3,(H,19,20)/b4-3-,16-9-. The van der Waals surface area contributed by atoms with Crippen LogP contribution in [0.2, 0.25) is 0 Å². The Labute approximate surface area is 112 Å². The third-order valence-electron chi connectivity index (χ3n) is 2.04. The van der Waals surface area contributed by atoms with Gasteiger partial charge in [-0.25, -0.2) is 14.8 Å². The van der Waals surface area contributed by atoms with E-state index >= 15 is 0 Å². The van der Waals surface area contributed by atoms with Gasteiger partial charge in [0, 0.05) is 12.4 Å². The summed E-state index contributed by atoms with van der Waals surface area (Å²) in [7, 11) is 0.